The maximum atomic E-state index is 11.8. The van der Waals surface area contributed by atoms with Crippen molar-refractivity contribution in [1.82, 2.24) is 10.2 Å². The molecule has 4 heteroatoms. The highest BCUT2D eigenvalue weighted by atomic mass is 16.2. The summed E-state index contributed by atoms with van der Waals surface area (Å²) in [6.45, 7) is 4.37. The standard InChI is InChI=1S/C12H18N2O2/c1-4-5-6-7-13-10-8-11(15)14(9(2)3)12(10)16/h1,9-10,13H,5-8H2,2-3H3. The molecule has 0 aromatic rings. The molecule has 2 amide bonds. The van der Waals surface area contributed by atoms with E-state index < -0.39 is 0 Å². The van der Waals surface area contributed by atoms with E-state index >= 15 is 0 Å². The molecule has 0 aliphatic carbocycles. The molecule has 0 bridgehead atoms. The van der Waals surface area contributed by atoms with E-state index in [0.717, 1.165) is 6.42 Å². The van der Waals surface area contributed by atoms with Gasteiger partial charge < -0.3 is 5.32 Å². The van der Waals surface area contributed by atoms with Gasteiger partial charge in [-0.2, -0.15) is 0 Å². The molecule has 0 aromatic carbocycles. The minimum atomic E-state index is -0.354. The molecular weight excluding hydrogens is 204 g/mol. The van der Waals surface area contributed by atoms with Crippen molar-refractivity contribution in [2.45, 2.75) is 45.2 Å². The quantitative estimate of drug-likeness (QED) is 0.419. The zero-order valence-electron chi connectivity index (χ0n) is 9.82. The van der Waals surface area contributed by atoms with Crippen LogP contribution < -0.4 is 5.32 Å². The van der Waals surface area contributed by atoms with Gasteiger partial charge in [0.1, 0.15) is 0 Å². The zero-order chi connectivity index (χ0) is 12.1. The van der Waals surface area contributed by atoms with Gasteiger partial charge in [-0.3, -0.25) is 14.5 Å². The number of carbonyl (C=O) groups is 2. The van der Waals surface area contributed by atoms with E-state index in [-0.39, 0.29) is 30.3 Å². The van der Waals surface area contributed by atoms with Gasteiger partial charge in [0.2, 0.25) is 11.8 Å². The van der Waals surface area contributed by atoms with E-state index in [1.807, 2.05) is 13.8 Å². The first-order valence-corrected chi connectivity index (χ1v) is 5.60. The molecular formula is C12H18N2O2. The van der Waals surface area contributed by atoms with E-state index in [9.17, 15) is 9.59 Å². The van der Waals surface area contributed by atoms with Gasteiger partial charge in [-0.15, -0.1) is 12.3 Å². The summed E-state index contributed by atoms with van der Waals surface area (Å²) in [7, 11) is 0. The number of terminal acetylenes is 1. The number of hydrogen-bond donors (Lipinski definition) is 1. The van der Waals surface area contributed by atoms with Gasteiger partial charge in [-0.25, -0.2) is 0 Å². The Bertz CT molecular complexity index is 317. The van der Waals surface area contributed by atoms with Gasteiger partial charge in [0.15, 0.2) is 0 Å². The molecule has 88 valence electrons. The summed E-state index contributed by atoms with van der Waals surface area (Å²) in [6, 6.07) is -0.412. The van der Waals surface area contributed by atoms with Crippen molar-refractivity contribution < 1.29 is 9.59 Å². The Morgan fingerprint density at radius 3 is 2.75 bits per heavy atom. The van der Waals surface area contributed by atoms with Crippen molar-refractivity contribution in [3.8, 4) is 12.3 Å². The number of nitrogens with zero attached hydrogens (tertiary/aromatic N) is 1. The van der Waals surface area contributed by atoms with E-state index in [1.165, 1.54) is 4.90 Å². The molecule has 16 heavy (non-hydrogen) atoms. The Labute approximate surface area is 96.4 Å². The highest BCUT2D eigenvalue weighted by Gasteiger charge is 2.39. The molecule has 1 fully saturated rings. The molecule has 0 radical (unpaired) electrons. The average Bonchev–Trinajstić information content (AvgIpc) is 2.49. The predicted octanol–water partition coefficient (Wildman–Crippen LogP) is 0.525. The third kappa shape index (κ3) is 2.83. The smallest absolute Gasteiger partial charge is 0.247 e. The average molecular weight is 222 g/mol. The van der Waals surface area contributed by atoms with Crippen molar-refractivity contribution in [1.29, 1.82) is 0 Å². The second kappa shape index (κ2) is 5.66. The largest absolute Gasteiger partial charge is 0.305 e. The van der Waals surface area contributed by atoms with Gasteiger partial charge in [0, 0.05) is 12.5 Å². The summed E-state index contributed by atoms with van der Waals surface area (Å²) >= 11 is 0. The number of imide groups is 1. The summed E-state index contributed by atoms with van der Waals surface area (Å²) in [4.78, 5) is 24.7. The highest BCUT2D eigenvalue weighted by molar-refractivity contribution is 6.05. The number of rotatable bonds is 5. The van der Waals surface area contributed by atoms with Gasteiger partial charge in [-0.05, 0) is 26.8 Å². The number of likely N-dealkylation sites (tertiary alicyclic amines) is 1. The fourth-order valence-corrected chi connectivity index (χ4v) is 1.82. The minimum absolute atomic E-state index is 0.0579. The van der Waals surface area contributed by atoms with Crippen molar-refractivity contribution in [2.24, 2.45) is 0 Å². The zero-order valence-corrected chi connectivity index (χ0v) is 9.82. The second-order valence-corrected chi connectivity index (χ2v) is 4.21. The molecule has 0 saturated carbocycles. The van der Waals surface area contributed by atoms with Gasteiger partial charge >= 0.3 is 0 Å². The SMILES string of the molecule is C#CCCCNC1CC(=O)N(C(C)C)C1=O. The molecule has 1 aliphatic heterocycles. The summed E-state index contributed by atoms with van der Waals surface area (Å²) in [6.07, 6.45) is 6.92. The molecule has 0 spiro atoms. The number of nitrogens with one attached hydrogen (secondary N) is 1. The maximum absolute atomic E-state index is 11.8. The first-order valence-electron chi connectivity index (χ1n) is 5.60. The summed E-state index contributed by atoms with van der Waals surface area (Å²) in [5.74, 6) is 2.34. The molecule has 1 N–H and O–H groups in total. The lowest BCUT2D eigenvalue weighted by atomic mass is 10.2. The normalized spacial score (nSPS) is 20.6. The Balaban J connectivity index is 2.44. The molecule has 1 atom stereocenters. The molecule has 4 nitrogen and oxygen atoms in total. The second-order valence-electron chi connectivity index (χ2n) is 4.21. The highest BCUT2D eigenvalue weighted by Crippen LogP contribution is 2.15. The monoisotopic (exact) mass is 222 g/mol. The van der Waals surface area contributed by atoms with Crippen LogP contribution in [0.3, 0.4) is 0 Å². The van der Waals surface area contributed by atoms with Crippen LogP contribution in [0, 0.1) is 12.3 Å². The van der Waals surface area contributed by atoms with Crippen molar-refractivity contribution in [2.75, 3.05) is 6.54 Å². The van der Waals surface area contributed by atoms with Crippen LogP contribution in [0.4, 0.5) is 0 Å². The van der Waals surface area contributed by atoms with Crippen molar-refractivity contribution >= 4 is 11.8 Å². The lowest BCUT2D eigenvalue weighted by Crippen LogP contribution is -2.42. The lowest BCUT2D eigenvalue weighted by Gasteiger charge is -2.19. The van der Waals surface area contributed by atoms with Gasteiger partial charge in [-0.1, -0.05) is 0 Å². The van der Waals surface area contributed by atoms with Gasteiger partial charge in [0.25, 0.3) is 0 Å². The Morgan fingerprint density at radius 2 is 2.25 bits per heavy atom. The first kappa shape index (κ1) is 12.7. The first-order chi connectivity index (χ1) is 7.57. The van der Waals surface area contributed by atoms with Gasteiger partial charge in [0.05, 0.1) is 12.5 Å². The molecule has 1 rings (SSSR count). The van der Waals surface area contributed by atoms with Crippen LogP contribution in [0.2, 0.25) is 0 Å². The van der Waals surface area contributed by atoms with E-state index in [2.05, 4.69) is 11.2 Å². The molecule has 1 unspecified atom stereocenters. The van der Waals surface area contributed by atoms with Crippen LogP contribution in [-0.4, -0.2) is 35.3 Å². The molecule has 0 aromatic heterocycles. The summed E-state index contributed by atoms with van der Waals surface area (Å²) in [5.41, 5.74) is 0. The maximum Gasteiger partial charge on any atom is 0.247 e. The predicted molar refractivity (Wildman–Crippen MR) is 61.5 cm³/mol. The lowest BCUT2D eigenvalue weighted by molar-refractivity contribution is -0.140. The molecule has 1 aliphatic rings. The van der Waals surface area contributed by atoms with Crippen molar-refractivity contribution in [3.05, 3.63) is 0 Å². The van der Waals surface area contributed by atoms with Crippen LogP contribution in [0.5, 0.6) is 0 Å². The van der Waals surface area contributed by atoms with Crippen LogP contribution in [0.1, 0.15) is 33.1 Å². The molecule has 1 heterocycles. The third-order valence-corrected chi connectivity index (χ3v) is 2.59. The van der Waals surface area contributed by atoms with E-state index in [4.69, 9.17) is 6.42 Å². The third-order valence-electron chi connectivity index (χ3n) is 2.59. The minimum Gasteiger partial charge on any atom is -0.305 e. The Hall–Kier alpha value is -1.34. The van der Waals surface area contributed by atoms with E-state index in [1.54, 1.807) is 0 Å². The number of hydrogen-bond acceptors (Lipinski definition) is 3. The van der Waals surface area contributed by atoms with Crippen LogP contribution >= 0.6 is 0 Å². The van der Waals surface area contributed by atoms with E-state index in [0.29, 0.717) is 13.0 Å². The van der Waals surface area contributed by atoms with Crippen LogP contribution in [0.15, 0.2) is 0 Å². The van der Waals surface area contributed by atoms with Crippen molar-refractivity contribution in [3.63, 3.8) is 0 Å². The molecule has 1 saturated heterocycles. The van der Waals surface area contributed by atoms with Crippen LogP contribution in [-0.2, 0) is 9.59 Å². The number of amides is 2. The number of carbonyl (C=O) groups excluding carboxylic acids is 2. The summed E-state index contributed by atoms with van der Waals surface area (Å²) in [5, 5.41) is 3.07. The fraction of sp³-hybridized carbons (Fsp3) is 0.667. The van der Waals surface area contributed by atoms with Crippen LogP contribution in [0.25, 0.3) is 0 Å². The fourth-order valence-electron chi connectivity index (χ4n) is 1.82. The Morgan fingerprint density at radius 1 is 1.56 bits per heavy atom. The topological polar surface area (TPSA) is 49.4 Å². The Kier molecular flexibility index (Phi) is 4.51. The summed E-state index contributed by atoms with van der Waals surface area (Å²) < 4.78 is 0. The number of unbranched alkanes of at least 4 members (excludes halogenated alkanes) is 1.